The van der Waals surface area contributed by atoms with Gasteiger partial charge in [-0.3, -0.25) is 0 Å². The molecular weight excluding hydrogens is 897 g/mol. The van der Waals surface area contributed by atoms with Crippen LogP contribution in [0.25, 0.3) is 134 Å². The Hall–Kier alpha value is -9.90. The van der Waals surface area contributed by atoms with Gasteiger partial charge in [0, 0.05) is 45.8 Å². The Kier molecular flexibility index (Phi) is 11.5. The van der Waals surface area contributed by atoms with Crippen LogP contribution in [-0.4, -0.2) is 19.9 Å². The molecule has 4 heteroatoms. The molecule has 0 atom stereocenters. The lowest BCUT2D eigenvalue weighted by Crippen LogP contribution is -1.96. The predicted octanol–water partition coefficient (Wildman–Crippen LogP) is 18.2. The van der Waals surface area contributed by atoms with Crippen molar-refractivity contribution in [3.05, 3.63) is 279 Å². The van der Waals surface area contributed by atoms with Gasteiger partial charge in [-0.1, -0.05) is 243 Å². The molecule has 0 spiro atoms. The van der Waals surface area contributed by atoms with Crippen LogP contribution in [0.3, 0.4) is 0 Å². The van der Waals surface area contributed by atoms with Gasteiger partial charge < -0.3 is 0 Å². The van der Waals surface area contributed by atoms with Crippen molar-refractivity contribution in [1.29, 1.82) is 0 Å². The molecule has 0 N–H and O–H groups in total. The topological polar surface area (TPSA) is 51.6 Å². The molecule has 2 heterocycles. The monoisotopic (exact) mass is 942 g/mol. The summed E-state index contributed by atoms with van der Waals surface area (Å²) in [4.78, 5) is 20.2. The second-order valence-corrected chi connectivity index (χ2v) is 18.5. The number of fused-ring (bicyclic) bond motifs is 2. The van der Waals surface area contributed by atoms with Crippen LogP contribution in [0.5, 0.6) is 0 Å². The minimum Gasteiger partial charge on any atom is -0.236 e. The van der Waals surface area contributed by atoms with E-state index in [1.54, 1.807) is 0 Å². The van der Waals surface area contributed by atoms with Crippen LogP contribution >= 0.6 is 0 Å². The SMILES string of the molecule is c1ccc(-c2ncc(-c3cccc(-c4ccc5c(-c6ccccc6)c6cc(-c7cccc(-c8cnc(-c9ccccc9)nc8-c8ccccc8)c7)ccc6c(-c6ccccc6)c5c4)c3)c(-c3ccccc3)n2)cc1. The second-order valence-electron chi connectivity index (χ2n) is 18.5. The Morgan fingerprint density at radius 3 is 0.865 bits per heavy atom. The fraction of sp³-hybridized carbons (Fsp3) is 0. The van der Waals surface area contributed by atoms with E-state index in [0.29, 0.717) is 11.6 Å². The van der Waals surface area contributed by atoms with Gasteiger partial charge >= 0.3 is 0 Å². The van der Waals surface area contributed by atoms with Gasteiger partial charge in [0.05, 0.1) is 11.4 Å². The Morgan fingerprint density at radius 1 is 0.203 bits per heavy atom. The van der Waals surface area contributed by atoms with Crippen LogP contribution in [0, 0.1) is 0 Å². The van der Waals surface area contributed by atoms with Gasteiger partial charge in [-0.25, -0.2) is 19.9 Å². The van der Waals surface area contributed by atoms with Gasteiger partial charge in [0.1, 0.15) is 0 Å². The predicted molar refractivity (Wildman–Crippen MR) is 307 cm³/mol. The molecule has 74 heavy (non-hydrogen) atoms. The highest BCUT2D eigenvalue weighted by molar-refractivity contribution is 6.22. The van der Waals surface area contributed by atoms with Gasteiger partial charge in [0.15, 0.2) is 11.6 Å². The minimum absolute atomic E-state index is 0.701. The summed E-state index contributed by atoms with van der Waals surface area (Å²) in [6, 6.07) is 94.5. The van der Waals surface area contributed by atoms with E-state index in [1.165, 1.54) is 43.8 Å². The molecule has 11 aromatic carbocycles. The molecule has 0 aliphatic rings. The molecule has 2 aromatic heterocycles. The molecule has 0 bridgehead atoms. The summed E-state index contributed by atoms with van der Waals surface area (Å²) in [6.07, 6.45) is 3.96. The summed E-state index contributed by atoms with van der Waals surface area (Å²) >= 11 is 0. The zero-order valence-electron chi connectivity index (χ0n) is 40.3. The minimum atomic E-state index is 0.701. The van der Waals surface area contributed by atoms with E-state index in [-0.39, 0.29) is 0 Å². The first-order valence-electron chi connectivity index (χ1n) is 25.0. The van der Waals surface area contributed by atoms with Crippen molar-refractivity contribution in [2.45, 2.75) is 0 Å². The molecule has 13 aromatic rings. The van der Waals surface area contributed by atoms with E-state index in [4.69, 9.17) is 19.9 Å². The van der Waals surface area contributed by atoms with Crippen LogP contribution in [0.4, 0.5) is 0 Å². The fourth-order valence-electron chi connectivity index (χ4n) is 10.4. The highest BCUT2D eigenvalue weighted by Crippen LogP contribution is 2.47. The second kappa shape index (κ2) is 19.4. The lowest BCUT2D eigenvalue weighted by Gasteiger charge is -2.20. The highest BCUT2D eigenvalue weighted by atomic mass is 14.9. The number of nitrogens with zero attached hydrogens (tertiary/aromatic N) is 4. The number of aromatic nitrogens is 4. The van der Waals surface area contributed by atoms with E-state index in [0.717, 1.165) is 78.1 Å². The van der Waals surface area contributed by atoms with Crippen LogP contribution in [-0.2, 0) is 0 Å². The maximum absolute atomic E-state index is 5.20. The van der Waals surface area contributed by atoms with Crippen molar-refractivity contribution >= 4 is 21.5 Å². The summed E-state index contributed by atoms with van der Waals surface area (Å²) in [5.74, 6) is 1.40. The maximum atomic E-state index is 5.20. The summed E-state index contributed by atoms with van der Waals surface area (Å²) in [6.45, 7) is 0. The van der Waals surface area contributed by atoms with Gasteiger partial charge in [0.2, 0.25) is 0 Å². The van der Waals surface area contributed by atoms with Crippen molar-refractivity contribution in [1.82, 2.24) is 19.9 Å². The average molecular weight is 943 g/mol. The Labute approximate surface area is 430 Å². The molecule has 0 unspecified atom stereocenters. The van der Waals surface area contributed by atoms with Crippen LogP contribution in [0.1, 0.15) is 0 Å². The van der Waals surface area contributed by atoms with E-state index >= 15 is 0 Å². The van der Waals surface area contributed by atoms with Gasteiger partial charge in [-0.2, -0.15) is 0 Å². The first-order chi connectivity index (χ1) is 36.7. The maximum Gasteiger partial charge on any atom is 0.159 e. The van der Waals surface area contributed by atoms with E-state index < -0.39 is 0 Å². The molecule has 13 rings (SSSR count). The van der Waals surface area contributed by atoms with Crippen molar-refractivity contribution in [3.8, 4) is 112 Å². The number of rotatable bonds is 10. The molecule has 0 saturated carbocycles. The molecule has 0 amide bonds. The zero-order chi connectivity index (χ0) is 49.2. The standard InChI is InChI=1S/C70H46N4/c1-7-21-47(22-8-1)65-59-39-37-56(54-34-20-36-58(42-54)64-46-72-70(52-31-17-6-18-32-52)74-68(64)50-27-13-4-14-28-50)44-62(59)66(48-23-9-2-10-24-48)60-40-38-55(43-61(60)65)53-33-19-35-57(41-53)63-45-71-69(51-29-15-5-16-30-51)73-67(63)49-25-11-3-12-26-49/h1-46H. The Balaban J connectivity index is 0.966. The first-order valence-corrected chi connectivity index (χ1v) is 25.0. The van der Waals surface area contributed by atoms with Crippen molar-refractivity contribution < 1.29 is 0 Å². The largest absolute Gasteiger partial charge is 0.236 e. The molecule has 0 aliphatic heterocycles. The van der Waals surface area contributed by atoms with E-state index in [9.17, 15) is 0 Å². The lowest BCUT2D eigenvalue weighted by atomic mass is 9.83. The zero-order valence-corrected chi connectivity index (χ0v) is 40.3. The molecule has 346 valence electrons. The summed E-state index contributed by atoms with van der Waals surface area (Å²) in [7, 11) is 0. The number of benzene rings is 11. The fourth-order valence-corrected chi connectivity index (χ4v) is 10.4. The summed E-state index contributed by atoms with van der Waals surface area (Å²) in [5, 5.41) is 4.75. The number of hydrogen-bond acceptors (Lipinski definition) is 4. The lowest BCUT2D eigenvalue weighted by molar-refractivity contribution is 1.18. The third kappa shape index (κ3) is 8.40. The van der Waals surface area contributed by atoms with Crippen molar-refractivity contribution in [3.63, 3.8) is 0 Å². The van der Waals surface area contributed by atoms with Crippen molar-refractivity contribution in [2.75, 3.05) is 0 Å². The molecule has 0 saturated heterocycles. The first kappa shape index (κ1) is 44.1. The normalized spacial score (nSPS) is 11.2. The Morgan fingerprint density at radius 2 is 0.500 bits per heavy atom. The van der Waals surface area contributed by atoms with Crippen LogP contribution in [0.2, 0.25) is 0 Å². The molecule has 0 fully saturated rings. The Bertz CT molecular complexity index is 3870. The van der Waals surface area contributed by atoms with E-state index in [2.05, 4.69) is 218 Å². The average Bonchev–Trinajstić information content (AvgIpc) is 3.50. The molecule has 0 aliphatic carbocycles. The number of hydrogen-bond donors (Lipinski definition) is 0. The molecule has 4 nitrogen and oxygen atoms in total. The quantitative estimate of drug-likeness (QED) is 0.128. The van der Waals surface area contributed by atoms with Gasteiger partial charge in [-0.15, -0.1) is 0 Å². The third-order valence-electron chi connectivity index (χ3n) is 14.0. The van der Waals surface area contributed by atoms with Gasteiger partial charge in [0.25, 0.3) is 0 Å². The van der Waals surface area contributed by atoms with Gasteiger partial charge in [-0.05, 0) is 101 Å². The van der Waals surface area contributed by atoms with Crippen LogP contribution < -0.4 is 0 Å². The van der Waals surface area contributed by atoms with E-state index in [1.807, 2.05) is 60.9 Å². The molecule has 0 radical (unpaired) electrons. The highest BCUT2D eigenvalue weighted by Gasteiger charge is 2.21. The van der Waals surface area contributed by atoms with Crippen molar-refractivity contribution in [2.24, 2.45) is 0 Å². The molecular formula is C70H46N4. The van der Waals surface area contributed by atoms with Crippen LogP contribution in [0.15, 0.2) is 279 Å². The summed E-state index contributed by atoms with van der Waals surface area (Å²) < 4.78 is 0. The third-order valence-corrected chi connectivity index (χ3v) is 14.0. The smallest absolute Gasteiger partial charge is 0.159 e. The summed E-state index contributed by atoms with van der Waals surface area (Å²) in [5.41, 5.74) is 19.1.